The van der Waals surface area contributed by atoms with Crippen molar-refractivity contribution in [2.24, 2.45) is 5.73 Å². The smallest absolute Gasteiger partial charge is 0.226 e. The minimum absolute atomic E-state index is 0.291. The van der Waals surface area contributed by atoms with Crippen LogP contribution in [0.15, 0.2) is 34.9 Å². The van der Waals surface area contributed by atoms with Gasteiger partial charge in [0.1, 0.15) is 6.26 Å². The first-order chi connectivity index (χ1) is 9.20. The number of hydrogen-bond acceptors (Lipinski definition) is 4. The Morgan fingerprint density at radius 1 is 1.47 bits per heavy atom. The standard InChI is InChI=1S/C14H16ClN3O/c15-11-3-1-2-10(6-11)14-17-13(9-19-14)8-18-5-4-12(16)7-18/h1-3,6,9,12H,4-5,7-8,16H2. The first-order valence-corrected chi connectivity index (χ1v) is 6.77. The van der Waals surface area contributed by atoms with Gasteiger partial charge in [0.05, 0.1) is 5.69 Å². The Hall–Kier alpha value is -1.36. The third-order valence-electron chi connectivity index (χ3n) is 3.32. The Morgan fingerprint density at radius 3 is 3.11 bits per heavy atom. The molecule has 1 aromatic heterocycles. The minimum Gasteiger partial charge on any atom is -0.444 e. The van der Waals surface area contributed by atoms with Gasteiger partial charge in [0, 0.05) is 36.3 Å². The average molecular weight is 278 g/mol. The second-order valence-corrected chi connectivity index (χ2v) is 5.37. The molecule has 0 aliphatic carbocycles. The molecule has 0 amide bonds. The van der Waals surface area contributed by atoms with Gasteiger partial charge in [-0.05, 0) is 24.6 Å². The predicted octanol–water partition coefficient (Wildman–Crippen LogP) is 2.53. The van der Waals surface area contributed by atoms with Crippen molar-refractivity contribution >= 4 is 11.6 Å². The summed E-state index contributed by atoms with van der Waals surface area (Å²) in [6.45, 7) is 2.75. The quantitative estimate of drug-likeness (QED) is 0.937. The molecule has 1 fully saturated rings. The zero-order chi connectivity index (χ0) is 13.2. The fraction of sp³-hybridized carbons (Fsp3) is 0.357. The van der Waals surface area contributed by atoms with Crippen molar-refractivity contribution in [2.75, 3.05) is 13.1 Å². The Morgan fingerprint density at radius 2 is 2.37 bits per heavy atom. The fourth-order valence-corrected chi connectivity index (χ4v) is 2.56. The molecule has 2 N–H and O–H groups in total. The summed E-state index contributed by atoms with van der Waals surface area (Å²) in [4.78, 5) is 6.80. The van der Waals surface area contributed by atoms with E-state index in [4.69, 9.17) is 21.8 Å². The molecule has 1 aliphatic rings. The summed E-state index contributed by atoms with van der Waals surface area (Å²) in [5.41, 5.74) is 7.73. The number of aromatic nitrogens is 1. The van der Waals surface area contributed by atoms with Crippen LogP contribution in [0, 0.1) is 0 Å². The maximum absolute atomic E-state index is 5.96. The number of hydrogen-bond donors (Lipinski definition) is 1. The molecule has 0 radical (unpaired) electrons. The zero-order valence-electron chi connectivity index (χ0n) is 10.6. The Balaban J connectivity index is 1.73. The summed E-state index contributed by atoms with van der Waals surface area (Å²) in [7, 11) is 0. The summed E-state index contributed by atoms with van der Waals surface area (Å²) in [6, 6.07) is 7.80. The molecule has 19 heavy (non-hydrogen) atoms. The molecule has 1 saturated heterocycles. The van der Waals surface area contributed by atoms with Gasteiger partial charge in [-0.15, -0.1) is 0 Å². The number of likely N-dealkylation sites (tertiary alicyclic amines) is 1. The number of rotatable bonds is 3. The van der Waals surface area contributed by atoms with E-state index in [-0.39, 0.29) is 0 Å². The van der Waals surface area contributed by atoms with Gasteiger partial charge in [0.15, 0.2) is 0 Å². The van der Waals surface area contributed by atoms with Crippen LogP contribution in [0.1, 0.15) is 12.1 Å². The van der Waals surface area contributed by atoms with E-state index < -0.39 is 0 Å². The molecule has 2 aromatic rings. The number of oxazole rings is 1. The summed E-state index contributed by atoms with van der Waals surface area (Å²) >= 11 is 5.96. The molecule has 1 aliphatic heterocycles. The third-order valence-corrected chi connectivity index (χ3v) is 3.55. The molecule has 3 rings (SSSR count). The number of nitrogens with two attached hydrogens (primary N) is 1. The van der Waals surface area contributed by atoms with E-state index >= 15 is 0 Å². The van der Waals surface area contributed by atoms with Crippen molar-refractivity contribution in [1.82, 2.24) is 9.88 Å². The van der Waals surface area contributed by atoms with E-state index in [9.17, 15) is 0 Å². The highest BCUT2D eigenvalue weighted by atomic mass is 35.5. The van der Waals surface area contributed by atoms with Crippen LogP contribution in [0.25, 0.3) is 11.5 Å². The first kappa shape index (κ1) is 12.7. The number of nitrogens with zero attached hydrogens (tertiary/aromatic N) is 2. The van der Waals surface area contributed by atoms with Gasteiger partial charge in [-0.1, -0.05) is 17.7 Å². The van der Waals surface area contributed by atoms with Crippen LogP contribution >= 0.6 is 11.6 Å². The van der Waals surface area contributed by atoms with Gasteiger partial charge < -0.3 is 10.2 Å². The van der Waals surface area contributed by atoms with Crippen molar-refractivity contribution in [3.05, 3.63) is 41.2 Å². The molecule has 1 atom stereocenters. The fourth-order valence-electron chi connectivity index (χ4n) is 2.37. The Kier molecular flexibility index (Phi) is 3.55. The highest BCUT2D eigenvalue weighted by molar-refractivity contribution is 6.30. The lowest BCUT2D eigenvalue weighted by molar-refractivity contribution is 0.322. The van der Waals surface area contributed by atoms with Gasteiger partial charge >= 0.3 is 0 Å². The second kappa shape index (κ2) is 5.33. The normalized spacial score (nSPS) is 20.0. The van der Waals surface area contributed by atoms with Crippen molar-refractivity contribution in [1.29, 1.82) is 0 Å². The molecule has 0 spiro atoms. The zero-order valence-corrected chi connectivity index (χ0v) is 11.3. The van der Waals surface area contributed by atoms with Gasteiger partial charge in [0.25, 0.3) is 0 Å². The highest BCUT2D eigenvalue weighted by Crippen LogP contribution is 2.22. The van der Waals surface area contributed by atoms with Crippen LogP contribution in [0.5, 0.6) is 0 Å². The summed E-state index contributed by atoms with van der Waals surface area (Å²) in [6.07, 6.45) is 2.76. The molecule has 4 nitrogen and oxygen atoms in total. The van der Waals surface area contributed by atoms with E-state index in [0.717, 1.165) is 37.3 Å². The predicted molar refractivity (Wildman–Crippen MR) is 74.8 cm³/mol. The molecule has 5 heteroatoms. The van der Waals surface area contributed by atoms with Crippen LogP contribution in [-0.4, -0.2) is 29.0 Å². The van der Waals surface area contributed by atoms with Crippen LogP contribution < -0.4 is 5.73 Å². The molecule has 0 bridgehead atoms. The lowest BCUT2D eigenvalue weighted by Crippen LogP contribution is -2.26. The first-order valence-electron chi connectivity index (χ1n) is 6.39. The van der Waals surface area contributed by atoms with Crippen LogP contribution in [0.3, 0.4) is 0 Å². The van der Waals surface area contributed by atoms with Crippen molar-refractivity contribution < 1.29 is 4.42 Å². The summed E-state index contributed by atoms with van der Waals surface area (Å²) < 4.78 is 5.52. The molecule has 1 unspecified atom stereocenters. The maximum Gasteiger partial charge on any atom is 0.226 e. The lowest BCUT2D eigenvalue weighted by Gasteiger charge is -2.12. The van der Waals surface area contributed by atoms with E-state index in [2.05, 4.69) is 9.88 Å². The molecule has 2 heterocycles. The van der Waals surface area contributed by atoms with E-state index in [1.54, 1.807) is 6.26 Å². The highest BCUT2D eigenvalue weighted by Gasteiger charge is 2.20. The monoisotopic (exact) mass is 277 g/mol. The maximum atomic E-state index is 5.96. The van der Waals surface area contributed by atoms with Gasteiger partial charge in [0.2, 0.25) is 5.89 Å². The lowest BCUT2D eigenvalue weighted by atomic mass is 10.2. The van der Waals surface area contributed by atoms with Gasteiger partial charge in [-0.25, -0.2) is 4.98 Å². The topological polar surface area (TPSA) is 55.3 Å². The third kappa shape index (κ3) is 2.97. The van der Waals surface area contributed by atoms with Gasteiger partial charge in [-0.3, -0.25) is 4.90 Å². The summed E-state index contributed by atoms with van der Waals surface area (Å²) in [5, 5.41) is 0.683. The van der Waals surface area contributed by atoms with E-state index in [1.165, 1.54) is 0 Å². The Bertz CT molecular complexity index is 569. The van der Waals surface area contributed by atoms with Crippen LogP contribution in [0.4, 0.5) is 0 Å². The molecular weight excluding hydrogens is 262 g/mol. The number of benzene rings is 1. The Labute approximate surface area is 117 Å². The largest absolute Gasteiger partial charge is 0.444 e. The van der Waals surface area contributed by atoms with Crippen molar-refractivity contribution in [2.45, 2.75) is 19.0 Å². The van der Waals surface area contributed by atoms with Crippen LogP contribution in [-0.2, 0) is 6.54 Å². The van der Waals surface area contributed by atoms with Gasteiger partial charge in [-0.2, -0.15) is 0 Å². The SMILES string of the molecule is NC1CCN(Cc2coc(-c3cccc(Cl)c3)n2)C1. The molecule has 0 saturated carbocycles. The van der Waals surface area contributed by atoms with E-state index in [1.807, 2.05) is 24.3 Å². The minimum atomic E-state index is 0.291. The van der Waals surface area contributed by atoms with Crippen molar-refractivity contribution in [3.63, 3.8) is 0 Å². The van der Waals surface area contributed by atoms with Crippen molar-refractivity contribution in [3.8, 4) is 11.5 Å². The number of halogens is 1. The van der Waals surface area contributed by atoms with Crippen LogP contribution in [0.2, 0.25) is 5.02 Å². The second-order valence-electron chi connectivity index (χ2n) is 4.94. The summed E-state index contributed by atoms with van der Waals surface area (Å²) in [5.74, 6) is 0.612. The molecule has 100 valence electrons. The van der Waals surface area contributed by atoms with E-state index in [0.29, 0.717) is 17.0 Å². The molecular formula is C14H16ClN3O. The average Bonchev–Trinajstić information content (AvgIpc) is 2.99. The molecule has 1 aromatic carbocycles.